The van der Waals surface area contributed by atoms with Crippen LogP contribution in [0.2, 0.25) is 0 Å². The molecular formula is C35H75IO3P2. The van der Waals surface area contributed by atoms with Gasteiger partial charge in [-0.05, 0) is 32.1 Å². The van der Waals surface area contributed by atoms with E-state index in [1.165, 1.54) is 174 Å². The van der Waals surface area contributed by atoms with Crippen LogP contribution in [-0.2, 0) is 8.88 Å². The number of hydrogen-bond acceptors (Lipinski definition) is 2. The van der Waals surface area contributed by atoms with Crippen molar-refractivity contribution in [2.45, 2.75) is 206 Å². The summed E-state index contributed by atoms with van der Waals surface area (Å²) in [7, 11) is -5.37. The molecule has 0 spiro atoms. The van der Waals surface area contributed by atoms with Crippen LogP contribution < -0.4 is 24.0 Å². The summed E-state index contributed by atoms with van der Waals surface area (Å²) in [6.45, 7) is 10.5. The van der Waals surface area contributed by atoms with E-state index in [0.717, 1.165) is 19.0 Å². The Morgan fingerprint density at radius 2 is 0.805 bits per heavy atom. The molecule has 41 heavy (non-hydrogen) atoms. The van der Waals surface area contributed by atoms with E-state index in [-0.39, 0.29) is 24.0 Å². The lowest BCUT2D eigenvalue weighted by Gasteiger charge is -2.31. The first-order valence-corrected chi connectivity index (χ1v) is 22.6. The highest BCUT2D eigenvalue weighted by molar-refractivity contribution is 7.77. The molecule has 0 heterocycles. The van der Waals surface area contributed by atoms with Crippen molar-refractivity contribution < 1.29 is 37.7 Å². The zero-order chi connectivity index (χ0) is 29.8. The zero-order valence-corrected chi connectivity index (χ0v) is 32.6. The predicted octanol–water partition coefficient (Wildman–Crippen LogP) is 10.7. The lowest BCUT2D eigenvalue weighted by Crippen LogP contribution is -3.00. The minimum absolute atomic E-state index is 0. The highest BCUT2D eigenvalue weighted by atomic mass is 127. The second-order valence-electron chi connectivity index (χ2n) is 13.1. The van der Waals surface area contributed by atoms with Gasteiger partial charge in [-0.25, -0.2) is 0 Å². The third-order valence-electron chi connectivity index (χ3n) is 8.85. The van der Waals surface area contributed by atoms with Crippen molar-refractivity contribution in [2.24, 2.45) is 0 Å². The van der Waals surface area contributed by atoms with Crippen molar-refractivity contribution in [2.75, 3.05) is 19.5 Å². The molecule has 0 aliphatic carbocycles. The lowest BCUT2D eigenvalue weighted by atomic mass is 10.0. The molecular weight excluding hydrogens is 657 g/mol. The largest absolute Gasteiger partial charge is 1.00 e. The van der Waals surface area contributed by atoms with Gasteiger partial charge in [0, 0.05) is 6.66 Å². The van der Waals surface area contributed by atoms with Gasteiger partial charge in [0.2, 0.25) is 0 Å². The Balaban J connectivity index is 0. The predicted molar refractivity (Wildman–Crippen MR) is 185 cm³/mol. The summed E-state index contributed by atoms with van der Waals surface area (Å²) in [5.41, 5.74) is 0.491. The van der Waals surface area contributed by atoms with Gasteiger partial charge >= 0.3 is 7.60 Å². The quantitative estimate of drug-likeness (QED) is 0.0426. The molecule has 250 valence electrons. The van der Waals surface area contributed by atoms with E-state index in [9.17, 15) is 9.46 Å². The number of unbranched alkanes of at least 4 members (excludes halogenated alkanes) is 23. The minimum atomic E-state index is -3.47. The topological polar surface area (TPSA) is 46.5 Å². The first-order chi connectivity index (χ1) is 19.3. The summed E-state index contributed by atoms with van der Waals surface area (Å²) >= 11 is 0. The van der Waals surface area contributed by atoms with E-state index in [4.69, 9.17) is 4.31 Å². The summed E-state index contributed by atoms with van der Waals surface area (Å²) < 4.78 is 18.5. The van der Waals surface area contributed by atoms with Gasteiger partial charge in [0.1, 0.15) is 0 Å². The normalized spacial score (nSPS) is 14.6. The third kappa shape index (κ3) is 29.8. The molecule has 1 N–H and O–H groups in total. The fraction of sp³-hybridized carbons (Fsp3) is 1.00. The molecule has 0 saturated heterocycles. The third-order valence-corrected chi connectivity index (χ3v) is 14.8. The van der Waals surface area contributed by atoms with Crippen LogP contribution in [0.3, 0.4) is 0 Å². The fourth-order valence-electron chi connectivity index (χ4n) is 6.24. The fourth-order valence-corrected chi connectivity index (χ4v) is 12.6. The van der Waals surface area contributed by atoms with Crippen LogP contribution in [0.1, 0.15) is 201 Å². The second kappa shape index (κ2) is 31.3. The van der Waals surface area contributed by atoms with Crippen molar-refractivity contribution >= 4 is 15.1 Å². The Bertz CT molecular complexity index is 544. The Morgan fingerprint density at radius 1 is 0.537 bits per heavy atom. The SMILES string of the molecule is CCCCCCCCCCCCCCC(CCCCCCCCCCCCCC)[P+](C)(CCCC)OP(C)(=O)O.[I-]. The summed E-state index contributed by atoms with van der Waals surface area (Å²) in [5, 5.41) is 0. The Kier molecular flexibility index (Phi) is 33.9. The van der Waals surface area contributed by atoms with E-state index >= 15 is 0 Å². The standard InChI is InChI=1S/C35H74O3P2.HI/c1-6-9-12-14-16-18-20-22-24-26-28-30-32-35(39(4,34-11-8-3)38-40(5,36)37)33-31-29-27-25-23-21-19-17-15-13-10-7-2;/h35H,6-34H2,1-5H3;1H. The Hall–Kier alpha value is 1.31. The van der Waals surface area contributed by atoms with Gasteiger partial charge in [-0.1, -0.05) is 168 Å². The van der Waals surface area contributed by atoms with Gasteiger partial charge in [-0.15, -0.1) is 0 Å². The maximum absolute atomic E-state index is 12.4. The van der Waals surface area contributed by atoms with Crippen LogP contribution in [0.25, 0.3) is 0 Å². The first kappa shape index (κ1) is 44.4. The maximum Gasteiger partial charge on any atom is 0.358 e. The van der Waals surface area contributed by atoms with Crippen molar-refractivity contribution in [1.82, 2.24) is 0 Å². The summed E-state index contributed by atoms with van der Waals surface area (Å²) in [5.74, 6) is 0. The summed E-state index contributed by atoms with van der Waals surface area (Å²) in [4.78, 5) is 10.2. The first-order valence-electron chi connectivity index (χ1n) is 18.2. The average Bonchev–Trinajstić information content (AvgIpc) is 2.91. The van der Waals surface area contributed by atoms with Gasteiger partial charge in [-0.2, -0.15) is 4.31 Å². The molecule has 0 rings (SSSR count). The second-order valence-corrected chi connectivity index (χ2v) is 18.9. The van der Waals surface area contributed by atoms with Gasteiger partial charge in [0.15, 0.2) is 7.49 Å². The molecule has 2 atom stereocenters. The molecule has 2 unspecified atom stereocenters. The zero-order valence-electron chi connectivity index (χ0n) is 28.6. The van der Waals surface area contributed by atoms with Crippen LogP contribution in [0.4, 0.5) is 0 Å². The molecule has 6 heteroatoms. The molecule has 0 radical (unpaired) electrons. The molecule has 0 saturated carbocycles. The van der Waals surface area contributed by atoms with Gasteiger partial charge in [0.05, 0.1) is 18.5 Å². The smallest absolute Gasteiger partial charge is 0.358 e. The van der Waals surface area contributed by atoms with Crippen LogP contribution in [0, 0.1) is 0 Å². The van der Waals surface area contributed by atoms with Crippen LogP contribution in [0.5, 0.6) is 0 Å². The van der Waals surface area contributed by atoms with Crippen molar-refractivity contribution in [3.63, 3.8) is 0 Å². The minimum Gasteiger partial charge on any atom is -1.00 e. The molecule has 0 aliphatic heterocycles. The summed E-state index contributed by atoms with van der Waals surface area (Å²) in [6.07, 6.45) is 38.6. The molecule has 0 amide bonds. The molecule has 0 aromatic rings. The molecule has 0 fully saturated rings. The molecule has 0 aliphatic rings. The highest BCUT2D eigenvalue weighted by Gasteiger charge is 2.46. The monoisotopic (exact) mass is 732 g/mol. The van der Waals surface area contributed by atoms with Crippen molar-refractivity contribution in [3.8, 4) is 0 Å². The van der Waals surface area contributed by atoms with E-state index in [1.54, 1.807) is 0 Å². The van der Waals surface area contributed by atoms with Gasteiger partial charge in [0.25, 0.3) is 0 Å². The number of hydrogen-bond donors (Lipinski definition) is 1. The Morgan fingerprint density at radius 3 is 1.07 bits per heavy atom. The van der Waals surface area contributed by atoms with Crippen molar-refractivity contribution in [1.29, 1.82) is 0 Å². The highest BCUT2D eigenvalue weighted by Crippen LogP contribution is 2.71. The molecule has 3 nitrogen and oxygen atoms in total. The number of halogens is 1. The van der Waals surface area contributed by atoms with E-state index in [0.29, 0.717) is 5.66 Å². The van der Waals surface area contributed by atoms with E-state index < -0.39 is 15.1 Å². The Labute approximate surface area is 277 Å². The van der Waals surface area contributed by atoms with Gasteiger partial charge in [-0.3, -0.25) is 4.57 Å². The summed E-state index contributed by atoms with van der Waals surface area (Å²) in [6, 6.07) is 0. The molecule has 0 aromatic carbocycles. The lowest BCUT2D eigenvalue weighted by molar-refractivity contribution is -0.0000139. The van der Waals surface area contributed by atoms with Crippen molar-refractivity contribution in [3.05, 3.63) is 0 Å². The number of rotatable bonds is 32. The molecule has 0 aromatic heterocycles. The average molecular weight is 733 g/mol. The van der Waals surface area contributed by atoms with E-state index in [1.807, 2.05) is 0 Å². The maximum atomic E-state index is 12.4. The van der Waals surface area contributed by atoms with Crippen LogP contribution in [-0.4, -0.2) is 30.0 Å². The van der Waals surface area contributed by atoms with Gasteiger partial charge < -0.3 is 28.9 Å². The molecule has 0 bridgehead atoms. The van der Waals surface area contributed by atoms with Crippen LogP contribution >= 0.6 is 15.1 Å². The van der Waals surface area contributed by atoms with Crippen LogP contribution in [0.15, 0.2) is 0 Å². The van der Waals surface area contributed by atoms with E-state index in [2.05, 4.69) is 27.4 Å².